The van der Waals surface area contributed by atoms with Crippen molar-refractivity contribution in [2.75, 3.05) is 64.9 Å². The second-order valence-electron chi connectivity index (χ2n) is 6.84. The molecule has 26 heavy (non-hydrogen) atoms. The third-order valence-corrected chi connectivity index (χ3v) is 5.85. The van der Waals surface area contributed by atoms with Gasteiger partial charge in [0.25, 0.3) is 0 Å². The molecule has 0 aliphatic carbocycles. The first-order valence-corrected chi connectivity index (χ1v) is 11.0. The van der Waals surface area contributed by atoms with E-state index in [0.717, 1.165) is 58.1 Å². The maximum Gasteiger partial charge on any atom is 0.239 e. The molecule has 1 unspecified atom stereocenters. The van der Waals surface area contributed by atoms with E-state index < -0.39 is 9.84 Å². The van der Waals surface area contributed by atoms with Crippen molar-refractivity contribution in [1.29, 1.82) is 0 Å². The van der Waals surface area contributed by atoms with Gasteiger partial charge in [-0.2, -0.15) is 0 Å². The quantitative estimate of drug-likeness (QED) is 0.321. The average molecular weight is 501 g/mol. The Kier molecular flexibility index (Phi) is 9.59. The third-order valence-electron chi connectivity index (χ3n) is 4.90. The van der Waals surface area contributed by atoms with Crippen LogP contribution in [0.2, 0.25) is 0 Å². The lowest BCUT2D eigenvalue weighted by Crippen LogP contribution is -2.57. The molecule has 0 aromatic rings. The van der Waals surface area contributed by atoms with Crippen LogP contribution in [0, 0.1) is 0 Å². The molecule has 1 N–H and O–H groups in total. The molecule has 2 fully saturated rings. The Balaban J connectivity index is 0.00000338. The number of aliphatic imine (C=N–C) groups is 1. The van der Waals surface area contributed by atoms with E-state index in [0.29, 0.717) is 6.54 Å². The third kappa shape index (κ3) is 6.84. The van der Waals surface area contributed by atoms with Crippen LogP contribution < -0.4 is 5.32 Å². The van der Waals surface area contributed by atoms with Gasteiger partial charge in [-0.05, 0) is 19.8 Å². The van der Waals surface area contributed by atoms with Gasteiger partial charge in [-0.25, -0.2) is 8.42 Å². The molecule has 2 heterocycles. The van der Waals surface area contributed by atoms with Gasteiger partial charge < -0.3 is 15.1 Å². The number of likely N-dealkylation sites (tertiary alicyclic amines) is 1. The maximum atomic E-state index is 12.5. The lowest BCUT2D eigenvalue weighted by molar-refractivity contribution is -0.135. The number of halogens is 1. The monoisotopic (exact) mass is 501 g/mol. The first-order valence-electron chi connectivity index (χ1n) is 8.98. The molecule has 0 radical (unpaired) electrons. The Morgan fingerprint density at radius 3 is 2.15 bits per heavy atom. The summed E-state index contributed by atoms with van der Waals surface area (Å²) < 4.78 is 22.5. The zero-order valence-corrected chi connectivity index (χ0v) is 19.1. The largest absolute Gasteiger partial charge is 0.355 e. The number of guanidine groups is 1. The summed E-state index contributed by atoms with van der Waals surface area (Å²) >= 11 is 0. The van der Waals surface area contributed by atoms with Crippen molar-refractivity contribution < 1.29 is 13.2 Å². The minimum atomic E-state index is -2.98. The van der Waals surface area contributed by atoms with Gasteiger partial charge in [-0.3, -0.25) is 14.7 Å². The van der Waals surface area contributed by atoms with E-state index in [1.807, 2.05) is 11.8 Å². The van der Waals surface area contributed by atoms with Crippen LogP contribution in [-0.2, 0) is 14.6 Å². The lowest BCUT2D eigenvalue weighted by atomic mass is 10.2. The van der Waals surface area contributed by atoms with E-state index in [4.69, 9.17) is 0 Å². The van der Waals surface area contributed by atoms with Crippen LogP contribution in [-0.4, -0.2) is 106 Å². The molecule has 0 spiro atoms. The highest BCUT2D eigenvalue weighted by molar-refractivity contribution is 14.0. The number of carbonyl (C=O) groups is 1. The number of hydrogen-bond acceptors (Lipinski definition) is 5. The number of nitrogens with one attached hydrogen (secondary N) is 1. The summed E-state index contributed by atoms with van der Waals surface area (Å²) in [5.41, 5.74) is 0. The molecule has 0 bridgehead atoms. The summed E-state index contributed by atoms with van der Waals surface area (Å²) in [5, 5.41) is 3.11. The molecule has 1 amide bonds. The van der Waals surface area contributed by atoms with Crippen LogP contribution >= 0.6 is 24.0 Å². The van der Waals surface area contributed by atoms with Crippen molar-refractivity contribution in [2.24, 2.45) is 4.99 Å². The van der Waals surface area contributed by atoms with Crippen molar-refractivity contribution in [3.05, 3.63) is 0 Å². The van der Waals surface area contributed by atoms with Gasteiger partial charge in [0.2, 0.25) is 5.91 Å². The highest BCUT2D eigenvalue weighted by Crippen LogP contribution is 2.14. The molecule has 2 aliphatic heterocycles. The summed E-state index contributed by atoms with van der Waals surface area (Å²) in [5.74, 6) is 1.05. The Morgan fingerprint density at radius 1 is 1.08 bits per heavy atom. The van der Waals surface area contributed by atoms with Crippen LogP contribution in [0.15, 0.2) is 4.99 Å². The second kappa shape index (κ2) is 10.6. The first-order chi connectivity index (χ1) is 11.8. The van der Waals surface area contributed by atoms with Crippen LogP contribution in [0.1, 0.15) is 19.8 Å². The normalized spacial score (nSPS) is 20.7. The molecule has 10 heteroatoms. The Bertz CT molecular complexity index is 585. The van der Waals surface area contributed by atoms with Gasteiger partial charge >= 0.3 is 0 Å². The Morgan fingerprint density at radius 2 is 1.65 bits per heavy atom. The molecule has 8 nitrogen and oxygen atoms in total. The molecular weight excluding hydrogens is 469 g/mol. The number of piperazine rings is 1. The van der Waals surface area contributed by atoms with Crippen LogP contribution in [0.25, 0.3) is 0 Å². The van der Waals surface area contributed by atoms with Crippen molar-refractivity contribution in [1.82, 2.24) is 20.0 Å². The fourth-order valence-electron chi connectivity index (χ4n) is 3.36. The van der Waals surface area contributed by atoms with Gasteiger partial charge in [0.1, 0.15) is 9.84 Å². The average Bonchev–Trinajstić information content (AvgIpc) is 3.11. The Hall–Kier alpha value is -0.620. The van der Waals surface area contributed by atoms with E-state index in [2.05, 4.69) is 20.1 Å². The second-order valence-corrected chi connectivity index (χ2v) is 9.10. The maximum absolute atomic E-state index is 12.5. The molecule has 152 valence electrons. The summed E-state index contributed by atoms with van der Waals surface area (Å²) in [4.78, 5) is 23.1. The standard InChI is InChI=1S/C16H31N5O3S.HI/c1-14(15(22)20-7-4-5-8-20)19-9-11-21(12-10-19)16(17-2)18-6-13-25(3,23)24;/h14H,4-13H2,1-3H3,(H,17,18);1H. The number of nitrogens with zero attached hydrogens (tertiary/aromatic N) is 4. The highest BCUT2D eigenvalue weighted by Gasteiger charge is 2.30. The minimum absolute atomic E-state index is 0. The van der Waals surface area contributed by atoms with Gasteiger partial charge in [0.05, 0.1) is 11.8 Å². The number of hydrogen-bond donors (Lipinski definition) is 1. The minimum Gasteiger partial charge on any atom is -0.355 e. The van der Waals surface area contributed by atoms with Gasteiger partial charge in [0, 0.05) is 59.1 Å². The number of carbonyl (C=O) groups excluding carboxylic acids is 1. The molecule has 0 aromatic carbocycles. The highest BCUT2D eigenvalue weighted by atomic mass is 127. The fourth-order valence-corrected chi connectivity index (χ4v) is 3.83. The summed E-state index contributed by atoms with van der Waals surface area (Å²) in [6.45, 7) is 7.28. The van der Waals surface area contributed by atoms with Gasteiger partial charge in [-0.1, -0.05) is 0 Å². The van der Waals surface area contributed by atoms with Crippen molar-refractivity contribution in [3.63, 3.8) is 0 Å². The van der Waals surface area contributed by atoms with Crippen molar-refractivity contribution in [3.8, 4) is 0 Å². The smallest absolute Gasteiger partial charge is 0.239 e. The zero-order valence-electron chi connectivity index (χ0n) is 16.0. The van der Waals surface area contributed by atoms with Crippen molar-refractivity contribution in [2.45, 2.75) is 25.8 Å². The predicted octanol–water partition coefficient (Wildman–Crippen LogP) is -0.147. The summed E-state index contributed by atoms with van der Waals surface area (Å²) in [7, 11) is -1.28. The number of amides is 1. The predicted molar refractivity (Wildman–Crippen MR) is 115 cm³/mol. The summed E-state index contributed by atoms with van der Waals surface area (Å²) in [6, 6.07) is -0.0829. The molecule has 2 saturated heterocycles. The lowest BCUT2D eigenvalue weighted by Gasteiger charge is -2.39. The zero-order chi connectivity index (χ0) is 18.4. The van der Waals surface area contributed by atoms with E-state index in [-0.39, 0.29) is 41.7 Å². The molecular formula is C16H32IN5O3S. The SMILES string of the molecule is CN=C(NCCS(C)(=O)=O)N1CCN(C(C)C(=O)N2CCCC2)CC1.I. The van der Waals surface area contributed by atoms with Gasteiger partial charge in [0.15, 0.2) is 5.96 Å². The first kappa shape index (κ1) is 23.4. The van der Waals surface area contributed by atoms with Crippen molar-refractivity contribution >= 4 is 45.7 Å². The molecule has 1 atom stereocenters. The Labute approximate surface area is 174 Å². The van der Waals surface area contributed by atoms with E-state index in [9.17, 15) is 13.2 Å². The van der Waals surface area contributed by atoms with E-state index >= 15 is 0 Å². The molecule has 0 saturated carbocycles. The fraction of sp³-hybridized carbons (Fsp3) is 0.875. The molecule has 0 aromatic heterocycles. The van der Waals surface area contributed by atoms with Crippen LogP contribution in [0.3, 0.4) is 0 Å². The number of rotatable bonds is 5. The number of sulfone groups is 1. The van der Waals surface area contributed by atoms with Crippen LogP contribution in [0.4, 0.5) is 0 Å². The van der Waals surface area contributed by atoms with Crippen LogP contribution in [0.5, 0.6) is 0 Å². The molecule has 2 aliphatic rings. The van der Waals surface area contributed by atoms with E-state index in [1.165, 1.54) is 6.26 Å². The molecule has 2 rings (SSSR count). The van der Waals surface area contributed by atoms with E-state index in [1.54, 1.807) is 7.05 Å². The summed E-state index contributed by atoms with van der Waals surface area (Å²) in [6.07, 6.45) is 3.46. The topological polar surface area (TPSA) is 85.3 Å². The van der Waals surface area contributed by atoms with Gasteiger partial charge in [-0.15, -0.1) is 24.0 Å².